The number of rotatable bonds is 12. The van der Waals surface area contributed by atoms with Gasteiger partial charge in [-0.2, -0.15) is 4.98 Å². The van der Waals surface area contributed by atoms with Gasteiger partial charge in [0.1, 0.15) is 12.4 Å². The van der Waals surface area contributed by atoms with E-state index >= 15 is 0 Å². The summed E-state index contributed by atoms with van der Waals surface area (Å²) in [5, 5.41) is 26.9. The van der Waals surface area contributed by atoms with E-state index in [2.05, 4.69) is 15.6 Å². The van der Waals surface area contributed by atoms with E-state index in [4.69, 9.17) is 4.42 Å². The predicted octanol–water partition coefficient (Wildman–Crippen LogP) is 0.517. The van der Waals surface area contributed by atoms with Gasteiger partial charge in [-0.3, -0.25) is 9.59 Å². The van der Waals surface area contributed by atoms with Gasteiger partial charge in [-0.25, -0.2) is 13.1 Å². The van der Waals surface area contributed by atoms with Crippen LogP contribution in [-0.4, -0.2) is 66.5 Å². The van der Waals surface area contributed by atoms with Crippen molar-refractivity contribution < 1.29 is 32.6 Å². The van der Waals surface area contributed by atoms with Gasteiger partial charge in [-0.05, 0) is 17.9 Å². The Morgan fingerprint density at radius 1 is 1.09 bits per heavy atom. The molecule has 0 aliphatic heterocycles. The van der Waals surface area contributed by atoms with Gasteiger partial charge in [0.05, 0.1) is 24.3 Å². The van der Waals surface area contributed by atoms with Crippen molar-refractivity contribution in [2.75, 3.05) is 17.5 Å². The molecular formula is C22H32N4O7S. The molecule has 0 bridgehead atoms. The largest absolute Gasteiger partial charge is 0.431 e. The summed E-state index contributed by atoms with van der Waals surface area (Å²) in [4.78, 5) is 28.9. The molecule has 0 unspecified atom stereocenters. The van der Waals surface area contributed by atoms with E-state index in [-0.39, 0.29) is 24.0 Å². The smallest absolute Gasteiger partial charge is 0.309 e. The molecule has 5 N–H and O–H groups in total. The van der Waals surface area contributed by atoms with Crippen molar-refractivity contribution in [2.45, 2.75) is 45.4 Å². The van der Waals surface area contributed by atoms with Crippen molar-refractivity contribution in [1.29, 1.82) is 0 Å². The normalized spacial score (nSPS) is 15.3. The topological polar surface area (TPSA) is 171 Å². The van der Waals surface area contributed by atoms with E-state index in [1.165, 1.54) is 6.92 Å². The first-order valence-corrected chi connectivity index (χ1v) is 12.7. The highest BCUT2D eigenvalue weighted by atomic mass is 32.2. The zero-order valence-electron chi connectivity index (χ0n) is 19.6. The van der Waals surface area contributed by atoms with E-state index in [1.807, 2.05) is 24.6 Å². The van der Waals surface area contributed by atoms with Crippen LogP contribution < -0.4 is 15.4 Å². The van der Waals surface area contributed by atoms with Gasteiger partial charge in [-0.1, -0.05) is 51.1 Å². The average molecular weight is 497 g/mol. The Bertz CT molecular complexity index is 1060. The van der Waals surface area contributed by atoms with Crippen LogP contribution in [-0.2, 0) is 21.2 Å². The zero-order chi connectivity index (χ0) is 25.5. The van der Waals surface area contributed by atoms with Crippen molar-refractivity contribution in [2.24, 2.45) is 11.8 Å². The third-order valence-electron chi connectivity index (χ3n) is 5.00. The second-order valence-corrected chi connectivity index (χ2v) is 10.3. The zero-order valence-corrected chi connectivity index (χ0v) is 20.4. The summed E-state index contributed by atoms with van der Waals surface area (Å²) in [7, 11) is -3.65. The van der Waals surface area contributed by atoms with E-state index in [1.54, 1.807) is 24.3 Å². The third-order valence-corrected chi connectivity index (χ3v) is 5.54. The Morgan fingerprint density at radius 3 is 2.32 bits per heavy atom. The number of nitrogens with one attached hydrogen (secondary N) is 3. The first-order chi connectivity index (χ1) is 15.9. The number of hydrogen-bond acceptors (Lipinski definition) is 8. The second kappa shape index (κ2) is 12.0. The Labute approximate surface area is 199 Å². The molecular weight excluding hydrogens is 464 g/mol. The van der Waals surface area contributed by atoms with Crippen LogP contribution in [0.15, 0.2) is 41.0 Å². The number of aliphatic hydroxyl groups excluding tert-OH is 2. The Kier molecular flexibility index (Phi) is 9.59. The molecule has 1 aromatic heterocycles. The van der Waals surface area contributed by atoms with Crippen LogP contribution >= 0.6 is 0 Å². The molecule has 188 valence electrons. The monoisotopic (exact) mass is 496 g/mol. The summed E-state index contributed by atoms with van der Waals surface area (Å²) in [5.74, 6) is -1.90. The highest BCUT2D eigenvalue weighted by Crippen LogP contribution is 2.16. The number of benzene rings is 1. The summed E-state index contributed by atoms with van der Waals surface area (Å²) in [6.45, 7) is 5.78. The van der Waals surface area contributed by atoms with Crippen molar-refractivity contribution >= 4 is 27.9 Å². The van der Waals surface area contributed by atoms with Gasteiger partial charge >= 0.3 is 6.01 Å². The SMILES string of the molecule is CC(C)CNC(=O)[C@H](C)[C@@H](O)[C@H](O)[C@H](Cc1ccccc1)NC(=O)c1coc(NS(C)(=O)=O)n1. The van der Waals surface area contributed by atoms with Gasteiger partial charge in [0.25, 0.3) is 5.91 Å². The van der Waals surface area contributed by atoms with Crippen LogP contribution in [0.3, 0.4) is 0 Å². The van der Waals surface area contributed by atoms with Gasteiger partial charge in [0.2, 0.25) is 15.9 Å². The molecule has 1 heterocycles. The lowest BCUT2D eigenvalue weighted by Crippen LogP contribution is -2.53. The Hall–Kier alpha value is -2.96. The number of aromatic nitrogens is 1. The lowest BCUT2D eigenvalue weighted by Gasteiger charge is -2.30. The molecule has 4 atom stereocenters. The number of carbonyl (C=O) groups is 2. The third kappa shape index (κ3) is 8.43. The first kappa shape index (κ1) is 27.3. The number of amides is 2. The summed E-state index contributed by atoms with van der Waals surface area (Å²) >= 11 is 0. The standard InChI is InChI=1S/C22H32N4O7S/c1-13(2)11-23-20(29)14(3)18(27)19(28)16(10-15-8-6-5-7-9-15)24-21(30)17-12-33-22(25-17)26-34(4,31)32/h5-9,12-14,16,18-19,27-28H,10-11H2,1-4H3,(H,23,29)(H,24,30)(H,25,26)/t14-,16+,18-,19-/m1/s1. The molecule has 0 aliphatic rings. The predicted molar refractivity (Wildman–Crippen MR) is 125 cm³/mol. The van der Waals surface area contributed by atoms with Crippen LogP contribution in [0, 0.1) is 11.8 Å². The van der Waals surface area contributed by atoms with Crippen molar-refractivity contribution in [1.82, 2.24) is 15.6 Å². The molecule has 2 rings (SSSR count). The molecule has 2 amide bonds. The summed E-state index contributed by atoms with van der Waals surface area (Å²) < 4.78 is 29.6. The number of hydrogen-bond donors (Lipinski definition) is 5. The first-order valence-electron chi connectivity index (χ1n) is 10.8. The maximum atomic E-state index is 12.7. The van der Waals surface area contributed by atoms with E-state index < -0.39 is 46.0 Å². The van der Waals surface area contributed by atoms with Crippen LogP contribution in [0.25, 0.3) is 0 Å². The molecule has 1 aromatic carbocycles. The number of nitrogens with zero attached hydrogens (tertiary/aromatic N) is 1. The molecule has 0 saturated carbocycles. The lowest BCUT2D eigenvalue weighted by atomic mass is 9.90. The number of carbonyl (C=O) groups excluding carboxylic acids is 2. The van der Waals surface area contributed by atoms with E-state index in [0.717, 1.165) is 18.1 Å². The lowest BCUT2D eigenvalue weighted by molar-refractivity contribution is -0.131. The van der Waals surface area contributed by atoms with Gasteiger partial charge in [0, 0.05) is 6.54 Å². The van der Waals surface area contributed by atoms with Crippen molar-refractivity contribution in [3.63, 3.8) is 0 Å². The maximum absolute atomic E-state index is 12.7. The summed E-state index contributed by atoms with van der Waals surface area (Å²) in [5.41, 5.74) is 0.546. The number of anilines is 1. The Balaban J connectivity index is 2.18. The highest BCUT2D eigenvalue weighted by Gasteiger charge is 2.35. The average Bonchev–Trinajstić information content (AvgIpc) is 3.23. The molecule has 0 spiro atoms. The van der Waals surface area contributed by atoms with Crippen molar-refractivity contribution in [3.05, 3.63) is 47.9 Å². The van der Waals surface area contributed by atoms with Gasteiger partial charge < -0.3 is 25.3 Å². The Morgan fingerprint density at radius 2 is 1.74 bits per heavy atom. The van der Waals surface area contributed by atoms with Crippen LogP contribution in [0.1, 0.15) is 36.8 Å². The van der Waals surface area contributed by atoms with E-state index in [0.29, 0.717) is 6.54 Å². The summed E-state index contributed by atoms with van der Waals surface area (Å²) in [6, 6.07) is 7.61. The fourth-order valence-electron chi connectivity index (χ4n) is 3.11. The number of aliphatic hydroxyl groups is 2. The summed E-state index contributed by atoms with van der Waals surface area (Å²) in [6.07, 6.45) is -0.946. The molecule has 0 fully saturated rings. The minimum absolute atomic E-state index is 0.150. The number of sulfonamides is 1. The molecule has 34 heavy (non-hydrogen) atoms. The van der Waals surface area contributed by atoms with Crippen LogP contribution in [0.4, 0.5) is 6.01 Å². The second-order valence-electron chi connectivity index (χ2n) is 8.59. The minimum Gasteiger partial charge on any atom is -0.431 e. The minimum atomic E-state index is -3.65. The fourth-order valence-corrected chi connectivity index (χ4v) is 3.52. The molecule has 12 heteroatoms. The molecule has 0 saturated heterocycles. The van der Waals surface area contributed by atoms with Crippen LogP contribution in [0.2, 0.25) is 0 Å². The van der Waals surface area contributed by atoms with Crippen LogP contribution in [0.5, 0.6) is 0 Å². The highest BCUT2D eigenvalue weighted by molar-refractivity contribution is 7.91. The fraction of sp³-hybridized carbons (Fsp3) is 0.500. The van der Waals surface area contributed by atoms with Gasteiger partial charge in [0.15, 0.2) is 5.69 Å². The van der Waals surface area contributed by atoms with E-state index in [9.17, 15) is 28.2 Å². The molecule has 2 aromatic rings. The maximum Gasteiger partial charge on any atom is 0.309 e. The quantitative estimate of drug-likeness (QED) is 0.283. The van der Waals surface area contributed by atoms with Gasteiger partial charge in [-0.15, -0.1) is 0 Å². The number of oxazole rings is 1. The molecule has 0 aliphatic carbocycles. The van der Waals surface area contributed by atoms with Crippen molar-refractivity contribution in [3.8, 4) is 0 Å². The molecule has 11 nitrogen and oxygen atoms in total. The molecule has 0 radical (unpaired) electrons.